The van der Waals surface area contributed by atoms with Crippen LogP contribution in [0.4, 0.5) is 0 Å². The van der Waals surface area contributed by atoms with Crippen LogP contribution in [0.2, 0.25) is 0 Å². The van der Waals surface area contributed by atoms with E-state index in [0.717, 1.165) is 19.4 Å². The maximum atomic E-state index is 10.0. The quantitative estimate of drug-likeness (QED) is 0.688. The fourth-order valence-electron chi connectivity index (χ4n) is 3.09. The van der Waals surface area contributed by atoms with Gasteiger partial charge in [0, 0.05) is 18.0 Å². The van der Waals surface area contributed by atoms with Crippen molar-refractivity contribution in [2.24, 2.45) is 5.92 Å². The Morgan fingerprint density at radius 1 is 1.43 bits per heavy atom. The fraction of sp³-hybridized carbons (Fsp3) is 0.765. The first-order valence-electron chi connectivity index (χ1n) is 8.32. The zero-order chi connectivity index (χ0) is 14.9. The van der Waals surface area contributed by atoms with Crippen molar-refractivity contribution < 1.29 is 9.84 Å². The van der Waals surface area contributed by atoms with Crippen LogP contribution in [-0.2, 0) is 11.2 Å². The van der Waals surface area contributed by atoms with Crippen molar-refractivity contribution >= 4 is 11.3 Å². The van der Waals surface area contributed by atoms with Crippen LogP contribution in [0.5, 0.6) is 0 Å². The summed E-state index contributed by atoms with van der Waals surface area (Å²) in [6, 6.07) is 4.23. The summed E-state index contributed by atoms with van der Waals surface area (Å²) in [5.74, 6) is 0.692. The van der Waals surface area contributed by atoms with Crippen LogP contribution < -0.4 is 5.32 Å². The number of hydrogen-bond donors (Lipinski definition) is 2. The second-order valence-electron chi connectivity index (χ2n) is 6.01. The summed E-state index contributed by atoms with van der Waals surface area (Å²) in [6.07, 6.45) is 7.26. The minimum atomic E-state index is -0.396. The number of aliphatic hydroxyl groups is 1. The van der Waals surface area contributed by atoms with E-state index in [1.54, 1.807) is 11.3 Å². The summed E-state index contributed by atoms with van der Waals surface area (Å²) in [5, 5.41) is 15.4. The van der Waals surface area contributed by atoms with Crippen molar-refractivity contribution in [3.05, 3.63) is 22.4 Å². The Kier molecular flexibility index (Phi) is 7.72. The standard InChI is InChI=1S/C17H29NO2S/c1-2-14-6-3-4-8-17(14)20-13-15(19)12-18-10-9-16-7-5-11-21-16/h5,7,11,14-15,17-19H,2-4,6,8-10,12-13H2,1H3. The van der Waals surface area contributed by atoms with Crippen LogP contribution in [0.3, 0.4) is 0 Å². The topological polar surface area (TPSA) is 41.5 Å². The van der Waals surface area contributed by atoms with Crippen LogP contribution >= 0.6 is 11.3 Å². The smallest absolute Gasteiger partial charge is 0.0897 e. The summed E-state index contributed by atoms with van der Waals surface area (Å²) < 4.78 is 5.96. The van der Waals surface area contributed by atoms with Gasteiger partial charge in [-0.3, -0.25) is 0 Å². The van der Waals surface area contributed by atoms with E-state index in [1.807, 2.05) is 0 Å². The molecule has 0 bridgehead atoms. The highest BCUT2D eigenvalue weighted by molar-refractivity contribution is 7.09. The van der Waals surface area contributed by atoms with Crippen LogP contribution in [0, 0.1) is 5.92 Å². The van der Waals surface area contributed by atoms with E-state index in [2.05, 4.69) is 29.8 Å². The summed E-state index contributed by atoms with van der Waals surface area (Å²) >= 11 is 1.79. The second kappa shape index (κ2) is 9.57. The molecule has 4 heteroatoms. The molecule has 1 aromatic heterocycles. The third-order valence-corrected chi connectivity index (χ3v) is 5.31. The predicted molar refractivity (Wildman–Crippen MR) is 88.9 cm³/mol. The highest BCUT2D eigenvalue weighted by atomic mass is 32.1. The van der Waals surface area contributed by atoms with Crippen molar-refractivity contribution in [2.75, 3.05) is 19.7 Å². The lowest BCUT2D eigenvalue weighted by atomic mass is 9.85. The van der Waals surface area contributed by atoms with Gasteiger partial charge in [0.25, 0.3) is 0 Å². The van der Waals surface area contributed by atoms with E-state index in [1.165, 1.54) is 30.6 Å². The van der Waals surface area contributed by atoms with Gasteiger partial charge >= 0.3 is 0 Å². The van der Waals surface area contributed by atoms with Gasteiger partial charge in [0.05, 0.1) is 18.8 Å². The third kappa shape index (κ3) is 6.07. The first-order chi connectivity index (χ1) is 10.3. The van der Waals surface area contributed by atoms with Crippen LogP contribution in [0.15, 0.2) is 17.5 Å². The second-order valence-corrected chi connectivity index (χ2v) is 7.04. The maximum absolute atomic E-state index is 10.0. The molecule has 0 radical (unpaired) electrons. The van der Waals surface area contributed by atoms with Crippen LogP contribution in [-0.4, -0.2) is 37.0 Å². The van der Waals surface area contributed by atoms with Crippen molar-refractivity contribution in [3.8, 4) is 0 Å². The highest BCUT2D eigenvalue weighted by Gasteiger charge is 2.24. The molecule has 1 aliphatic rings. The van der Waals surface area contributed by atoms with Gasteiger partial charge in [-0.05, 0) is 36.6 Å². The maximum Gasteiger partial charge on any atom is 0.0897 e. The van der Waals surface area contributed by atoms with E-state index in [9.17, 15) is 5.11 Å². The van der Waals surface area contributed by atoms with E-state index >= 15 is 0 Å². The van der Waals surface area contributed by atoms with Crippen molar-refractivity contribution in [1.82, 2.24) is 5.32 Å². The van der Waals surface area contributed by atoms with E-state index in [-0.39, 0.29) is 0 Å². The largest absolute Gasteiger partial charge is 0.389 e. The van der Waals surface area contributed by atoms with Gasteiger partial charge in [0.15, 0.2) is 0 Å². The molecule has 0 aliphatic heterocycles. The molecule has 2 N–H and O–H groups in total. The molecule has 1 aliphatic carbocycles. The van der Waals surface area contributed by atoms with Gasteiger partial charge in [-0.2, -0.15) is 0 Å². The summed E-state index contributed by atoms with van der Waals surface area (Å²) in [7, 11) is 0. The van der Waals surface area contributed by atoms with Gasteiger partial charge in [-0.25, -0.2) is 0 Å². The molecule has 0 amide bonds. The predicted octanol–water partition coefficient (Wildman–Crippen LogP) is 3.23. The minimum Gasteiger partial charge on any atom is -0.389 e. The number of nitrogens with one attached hydrogen (secondary N) is 1. The molecule has 1 fully saturated rings. The molecule has 1 heterocycles. The van der Waals surface area contributed by atoms with Gasteiger partial charge < -0.3 is 15.2 Å². The average molecular weight is 311 g/mol. The molecule has 3 nitrogen and oxygen atoms in total. The van der Waals surface area contributed by atoms with Crippen molar-refractivity contribution in [1.29, 1.82) is 0 Å². The summed E-state index contributed by atoms with van der Waals surface area (Å²) in [4.78, 5) is 1.39. The molecule has 0 aromatic carbocycles. The third-order valence-electron chi connectivity index (χ3n) is 4.37. The lowest BCUT2D eigenvalue weighted by molar-refractivity contribution is -0.0498. The Balaban J connectivity index is 1.55. The molecular weight excluding hydrogens is 282 g/mol. The summed E-state index contributed by atoms with van der Waals surface area (Å²) in [5.41, 5.74) is 0. The van der Waals surface area contributed by atoms with Gasteiger partial charge in [0.2, 0.25) is 0 Å². The molecule has 0 spiro atoms. The zero-order valence-electron chi connectivity index (χ0n) is 13.1. The Hall–Kier alpha value is -0.420. The first-order valence-corrected chi connectivity index (χ1v) is 9.20. The fourth-order valence-corrected chi connectivity index (χ4v) is 3.80. The lowest BCUT2D eigenvalue weighted by Crippen LogP contribution is -2.35. The molecule has 21 heavy (non-hydrogen) atoms. The molecule has 2 rings (SSSR count). The molecule has 1 aromatic rings. The first kappa shape index (κ1) is 16.9. The number of rotatable bonds is 9. The average Bonchev–Trinajstić information content (AvgIpc) is 3.03. The number of ether oxygens (including phenoxy) is 1. The normalized spacial score (nSPS) is 24.1. The van der Waals surface area contributed by atoms with E-state index in [4.69, 9.17) is 4.74 Å². The number of aliphatic hydroxyl groups excluding tert-OH is 1. The molecule has 1 saturated carbocycles. The molecule has 0 saturated heterocycles. The molecule has 120 valence electrons. The minimum absolute atomic E-state index is 0.365. The Bertz CT molecular complexity index is 369. The number of thiophene rings is 1. The molecule has 3 unspecified atom stereocenters. The lowest BCUT2D eigenvalue weighted by Gasteiger charge is -2.31. The van der Waals surface area contributed by atoms with Gasteiger partial charge in [0.1, 0.15) is 0 Å². The number of hydrogen-bond acceptors (Lipinski definition) is 4. The van der Waals surface area contributed by atoms with Crippen LogP contribution in [0.1, 0.15) is 43.9 Å². The zero-order valence-corrected chi connectivity index (χ0v) is 13.9. The Labute approximate surface area is 132 Å². The highest BCUT2D eigenvalue weighted by Crippen LogP contribution is 2.29. The van der Waals surface area contributed by atoms with Crippen molar-refractivity contribution in [3.63, 3.8) is 0 Å². The summed E-state index contributed by atoms with van der Waals surface area (Å²) in [6.45, 7) is 4.25. The van der Waals surface area contributed by atoms with Gasteiger partial charge in [-0.1, -0.05) is 32.3 Å². The van der Waals surface area contributed by atoms with Gasteiger partial charge in [-0.15, -0.1) is 11.3 Å². The van der Waals surface area contributed by atoms with E-state index in [0.29, 0.717) is 25.2 Å². The Morgan fingerprint density at radius 3 is 3.05 bits per heavy atom. The molecular formula is C17H29NO2S. The van der Waals surface area contributed by atoms with E-state index < -0.39 is 6.10 Å². The van der Waals surface area contributed by atoms with Crippen molar-refractivity contribution in [2.45, 2.75) is 57.7 Å². The molecule has 3 atom stereocenters. The monoisotopic (exact) mass is 311 g/mol. The SMILES string of the molecule is CCC1CCCCC1OCC(O)CNCCc1cccs1. The van der Waals surface area contributed by atoms with Crippen LogP contribution in [0.25, 0.3) is 0 Å². The Morgan fingerprint density at radius 2 is 2.29 bits per heavy atom.